The SMILES string of the molecule is O=C(O)CC1(CN2CCc3sccc3C2)CC1. The molecule has 0 amide bonds. The number of carboxylic acid groups (broad SMARTS) is 1. The molecule has 1 N–H and O–H groups in total. The van der Waals surface area contributed by atoms with Crippen LogP contribution >= 0.6 is 11.3 Å². The van der Waals surface area contributed by atoms with Gasteiger partial charge in [-0.1, -0.05) is 0 Å². The van der Waals surface area contributed by atoms with Crippen molar-refractivity contribution in [1.29, 1.82) is 0 Å². The summed E-state index contributed by atoms with van der Waals surface area (Å²) in [6, 6.07) is 2.21. The molecule has 0 unspecified atom stereocenters. The van der Waals surface area contributed by atoms with Crippen molar-refractivity contribution in [2.24, 2.45) is 5.41 Å². The highest BCUT2D eigenvalue weighted by atomic mass is 32.1. The van der Waals surface area contributed by atoms with Crippen molar-refractivity contribution in [2.75, 3.05) is 13.1 Å². The van der Waals surface area contributed by atoms with Crippen LogP contribution in [-0.2, 0) is 17.8 Å². The molecule has 1 aromatic heterocycles. The van der Waals surface area contributed by atoms with Gasteiger partial charge in [0.25, 0.3) is 0 Å². The van der Waals surface area contributed by atoms with Crippen molar-refractivity contribution in [3.63, 3.8) is 0 Å². The van der Waals surface area contributed by atoms with E-state index in [0.29, 0.717) is 6.42 Å². The monoisotopic (exact) mass is 251 g/mol. The maximum Gasteiger partial charge on any atom is 0.303 e. The van der Waals surface area contributed by atoms with E-state index in [4.69, 9.17) is 5.11 Å². The van der Waals surface area contributed by atoms with Gasteiger partial charge in [-0.2, -0.15) is 0 Å². The second-order valence-electron chi connectivity index (χ2n) is 5.40. The lowest BCUT2D eigenvalue weighted by molar-refractivity contribution is -0.138. The zero-order chi connectivity index (χ0) is 11.9. The number of carboxylic acids is 1. The predicted octanol–water partition coefficient (Wildman–Crippen LogP) is 2.36. The van der Waals surface area contributed by atoms with Gasteiger partial charge in [-0.25, -0.2) is 0 Å². The Morgan fingerprint density at radius 3 is 3.06 bits per heavy atom. The van der Waals surface area contributed by atoms with E-state index in [9.17, 15) is 4.79 Å². The molecule has 0 radical (unpaired) electrons. The van der Waals surface area contributed by atoms with E-state index in [1.807, 2.05) is 11.3 Å². The number of thiophene rings is 1. The molecule has 92 valence electrons. The van der Waals surface area contributed by atoms with Gasteiger partial charge >= 0.3 is 5.97 Å². The minimum atomic E-state index is -0.643. The van der Waals surface area contributed by atoms with Gasteiger partial charge in [-0.3, -0.25) is 9.69 Å². The minimum absolute atomic E-state index is 0.0966. The predicted molar refractivity (Wildman–Crippen MR) is 67.2 cm³/mol. The quantitative estimate of drug-likeness (QED) is 0.893. The molecular weight excluding hydrogens is 234 g/mol. The lowest BCUT2D eigenvalue weighted by Gasteiger charge is -2.30. The molecule has 0 spiro atoms. The Balaban J connectivity index is 1.62. The number of aliphatic carboxylic acids is 1. The minimum Gasteiger partial charge on any atom is -0.481 e. The van der Waals surface area contributed by atoms with Crippen molar-refractivity contribution in [1.82, 2.24) is 4.90 Å². The summed E-state index contributed by atoms with van der Waals surface area (Å²) >= 11 is 1.85. The smallest absolute Gasteiger partial charge is 0.303 e. The molecule has 3 rings (SSSR count). The molecule has 0 atom stereocenters. The van der Waals surface area contributed by atoms with Gasteiger partial charge in [0.15, 0.2) is 0 Å². The van der Waals surface area contributed by atoms with Gasteiger partial charge in [-0.15, -0.1) is 11.3 Å². The third kappa shape index (κ3) is 2.38. The van der Waals surface area contributed by atoms with Crippen LogP contribution in [0.3, 0.4) is 0 Å². The summed E-state index contributed by atoms with van der Waals surface area (Å²) in [6.45, 7) is 3.07. The van der Waals surface area contributed by atoms with E-state index in [1.54, 1.807) is 0 Å². The van der Waals surface area contributed by atoms with Crippen LogP contribution in [0.15, 0.2) is 11.4 Å². The molecule has 1 fully saturated rings. The van der Waals surface area contributed by atoms with Gasteiger partial charge in [0.05, 0.1) is 6.42 Å². The average Bonchev–Trinajstić information content (AvgIpc) is 2.85. The van der Waals surface area contributed by atoms with E-state index in [2.05, 4.69) is 16.3 Å². The molecule has 1 aliphatic carbocycles. The number of hydrogen-bond acceptors (Lipinski definition) is 3. The number of carbonyl (C=O) groups is 1. The maximum atomic E-state index is 10.8. The molecule has 1 aromatic rings. The summed E-state index contributed by atoms with van der Waals surface area (Å²) in [4.78, 5) is 14.8. The molecule has 0 aromatic carbocycles. The van der Waals surface area contributed by atoms with Crippen LogP contribution < -0.4 is 0 Å². The Kier molecular flexibility index (Phi) is 2.71. The standard InChI is InChI=1S/C13H17NO2S/c15-12(16)7-13(3-4-13)9-14-5-1-11-10(8-14)2-6-17-11/h2,6H,1,3-5,7-9H2,(H,15,16). The highest BCUT2D eigenvalue weighted by Crippen LogP contribution is 2.49. The molecule has 1 aliphatic heterocycles. The van der Waals surface area contributed by atoms with Crippen LogP contribution in [0.5, 0.6) is 0 Å². The largest absolute Gasteiger partial charge is 0.481 e. The molecule has 1 saturated carbocycles. The summed E-state index contributed by atoms with van der Waals surface area (Å²) in [6.07, 6.45) is 3.66. The van der Waals surface area contributed by atoms with Crippen LogP contribution in [0.1, 0.15) is 29.7 Å². The highest BCUT2D eigenvalue weighted by molar-refractivity contribution is 7.10. The van der Waals surface area contributed by atoms with E-state index in [0.717, 1.165) is 38.9 Å². The number of fused-ring (bicyclic) bond motifs is 1. The zero-order valence-electron chi connectivity index (χ0n) is 9.82. The topological polar surface area (TPSA) is 40.5 Å². The van der Waals surface area contributed by atoms with Crippen LogP contribution in [0.25, 0.3) is 0 Å². The third-order valence-corrected chi connectivity index (χ3v) is 4.95. The Morgan fingerprint density at radius 2 is 2.35 bits per heavy atom. The van der Waals surface area contributed by atoms with E-state index in [-0.39, 0.29) is 5.41 Å². The van der Waals surface area contributed by atoms with Crippen LogP contribution in [0, 0.1) is 5.41 Å². The first-order valence-corrected chi connectivity index (χ1v) is 7.04. The van der Waals surface area contributed by atoms with Crippen molar-refractivity contribution in [3.05, 3.63) is 21.9 Å². The van der Waals surface area contributed by atoms with E-state index >= 15 is 0 Å². The molecule has 2 aliphatic rings. The summed E-state index contributed by atoms with van der Waals surface area (Å²) < 4.78 is 0. The molecule has 2 heterocycles. The Bertz CT molecular complexity index is 436. The summed E-state index contributed by atoms with van der Waals surface area (Å²) in [7, 11) is 0. The first-order chi connectivity index (χ1) is 8.17. The lowest BCUT2D eigenvalue weighted by Crippen LogP contribution is -2.35. The van der Waals surface area contributed by atoms with Gasteiger partial charge in [-0.05, 0) is 41.7 Å². The Morgan fingerprint density at radius 1 is 1.53 bits per heavy atom. The molecule has 0 bridgehead atoms. The molecule has 17 heavy (non-hydrogen) atoms. The fraction of sp³-hybridized carbons (Fsp3) is 0.615. The van der Waals surface area contributed by atoms with Gasteiger partial charge < -0.3 is 5.11 Å². The first-order valence-electron chi connectivity index (χ1n) is 6.16. The van der Waals surface area contributed by atoms with Gasteiger partial charge in [0, 0.05) is 24.5 Å². The highest BCUT2D eigenvalue weighted by Gasteiger charge is 2.45. The lowest BCUT2D eigenvalue weighted by atomic mass is 10.00. The third-order valence-electron chi connectivity index (χ3n) is 3.93. The summed E-state index contributed by atoms with van der Waals surface area (Å²) in [5.41, 5.74) is 1.55. The number of hydrogen-bond donors (Lipinski definition) is 1. The van der Waals surface area contributed by atoms with Crippen LogP contribution in [0.4, 0.5) is 0 Å². The Labute approximate surface area is 105 Å². The number of rotatable bonds is 4. The second kappa shape index (κ2) is 4.10. The average molecular weight is 251 g/mol. The Hall–Kier alpha value is -0.870. The van der Waals surface area contributed by atoms with Crippen molar-refractivity contribution < 1.29 is 9.90 Å². The van der Waals surface area contributed by atoms with E-state index in [1.165, 1.54) is 10.4 Å². The molecule has 3 nitrogen and oxygen atoms in total. The second-order valence-corrected chi connectivity index (χ2v) is 6.40. The fourth-order valence-electron chi connectivity index (χ4n) is 2.80. The maximum absolute atomic E-state index is 10.8. The summed E-state index contributed by atoms with van der Waals surface area (Å²) in [5, 5.41) is 11.1. The van der Waals surface area contributed by atoms with Gasteiger partial charge in [0.1, 0.15) is 0 Å². The summed E-state index contributed by atoms with van der Waals surface area (Å²) in [5.74, 6) is -0.643. The van der Waals surface area contributed by atoms with Gasteiger partial charge in [0.2, 0.25) is 0 Å². The van der Waals surface area contributed by atoms with Crippen molar-refractivity contribution in [3.8, 4) is 0 Å². The fourth-order valence-corrected chi connectivity index (χ4v) is 3.69. The van der Waals surface area contributed by atoms with Crippen molar-refractivity contribution >= 4 is 17.3 Å². The van der Waals surface area contributed by atoms with Crippen LogP contribution in [0.2, 0.25) is 0 Å². The molecule has 0 saturated heterocycles. The van der Waals surface area contributed by atoms with Crippen LogP contribution in [-0.4, -0.2) is 29.1 Å². The van der Waals surface area contributed by atoms with Crippen molar-refractivity contribution in [2.45, 2.75) is 32.2 Å². The van der Waals surface area contributed by atoms with E-state index < -0.39 is 5.97 Å². The number of nitrogens with zero attached hydrogens (tertiary/aromatic N) is 1. The molecular formula is C13H17NO2S. The zero-order valence-corrected chi connectivity index (χ0v) is 10.6. The normalized spacial score (nSPS) is 22.1. The first kappa shape index (κ1) is 11.2. The molecule has 4 heteroatoms.